The van der Waals surface area contributed by atoms with E-state index in [2.05, 4.69) is 18.7 Å². The minimum atomic E-state index is -1.71. The highest BCUT2D eigenvalue weighted by Crippen LogP contribution is 2.44. The zero-order valence-corrected chi connectivity index (χ0v) is 17.1. The van der Waals surface area contributed by atoms with Crippen molar-refractivity contribution in [3.05, 3.63) is 71.8 Å². The van der Waals surface area contributed by atoms with E-state index in [1.54, 1.807) is 0 Å². The maximum absolute atomic E-state index is 12.3. The van der Waals surface area contributed by atoms with Crippen LogP contribution in [0.2, 0.25) is 0 Å². The number of carbonyl (C=O) groups is 2. The first-order valence-corrected chi connectivity index (χ1v) is 9.65. The van der Waals surface area contributed by atoms with Crippen molar-refractivity contribution in [1.82, 2.24) is 0 Å². The molecule has 0 heterocycles. The Morgan fingerprint density at radius 1 is 0.929 bits per heavy atom. The molecule has 0 unspecified atom stereocenters. The molecule has 0 radical (unpaired) electrons. The number of hydrogen-bond acceptors (Lipinski definition) is 4. The fraction of sp³-hybridized carbons (Fsp3) is 0.238. The topological polar surface area (TPSA) is 52.6 Å². The predicted molar refractivity (Wildman–Crippen MR) is 110 cm³/mol. The zero-order chi connectivity index (χ0) is 20.3. The molecule has 0 spiro atoms. The number of hydrogen-bond donors (Lipinski definition) is 0. The van der Waals surface area contributed by atoms with Crippen molar-refractivity contribution in [3.8, 4) is 11.1 Å². The number of esters is 2. The van der Waals surface area contributed by atoms with Gasteiger partial charge in [0, 0.05) is 11.5 Å². The van der Waals surface area contributed by atoms with Crippen LogP contribution in [0.15, 0.2) is 60.7 Å². The van der Waals surface area contributed by atoms with Crippen LogP contribution in [0.3, 0.4) is 0 Å². The third kappa shape index (κ3) is 4.88. The molecule has 0 amide bonds. The molecule has 28 heavy (non-hydrogen) atoms. The Kier molecular flexibility index (Phi) is 6.33. The average Bonchev–Trinajstić information content (AvgIpc) is 2.98. The second-order valence-electron chi connectivity index (χ2n) is 6.38. The van der Waals surface area contributed by atoms with Gasteiger partial charge in [-0.15, -0.1) is 0 Å². The van der Waals surface area contributed by atoms with Gasteiger partial charge in [-0.25, -0.2) is 4.79 Å². The molecule has 0 bridgehead atoms. The van der Waals surface area contributed by atoms with Crippen molar-refractivity contribution in [2.45, 2.75) is 16.1 Å². The summed E-state index contributed by atoms with van der Waals surface area (Å²) in [5, 5.41) is 0. The van der Waals surface area contributed by atoms with E-state index in [0.717, 1.165) is 22.3 Å². The molecular formula is C21H17Cl3O4. The maximum Gasteiger partial charge on any atom is 0.334 e. The number of fused-ring (bicyclic) bond motifs is 3. The third-order valence-electron chi connectivity index (χ3n) is 4.39. The summed E-state index contributed by atoms with van der Waals surface area (Å²) >= 11 is 16.6. The van der Waals surface area contributed by atoms with Crippen molar-refractivity contribution >= 4 is 46.7 Å². The number of rotatable bonds is 6. The number of benzene rings is 2. The first-order chi connectivity index (χ1) is 13.3. The Hall–Kier alpha value is -2.01. The van der Waals surface area contributed by atoms with Gasteiger partial charge >= 0.3 is 11.9 Å². The van der Waals surface area contributed by atoms with E-state index in [1.807, 2.05) is 36.4 Å². The van der Waals surface area contributed by atoms with Crippen LogP contribution in [0.5, 0.6) is 0 Å². The second kappa shape index (κ2) is 8.56. The van der Waals surface area contributed by atoms with Gasteiger partial charge in [-0.05, 0) is 22.3 Å². The number of carbonyl (C=O) groups excluding carboxylic acids is 2. The fourth-order valence-corrected chi connectivity index (χ4v) is 3.32. The summed E-state index contributed by atoms with van der Waals surface area (Å²) in [6, 6.07) is 16.0. The van der Waals surface area contributed by atoms with Crippen LogP contribution in [0.4, 0.5) is 0 Å². The maximum atomic E-state index is 12.3. The molecular weight excluding hydrogens is 423 g/mol. The van der Waals surface area contributed by atoms with Crippen molar-refractivity contribution in [2.75, 3.05) is 13.2 Å². The van der Waals surface area contributed by atoms with Crippen molar-refractivity contribution < 1.29 is 19.1 Å². The minimum absolute atomic E-state index is 0.0196. The van der Waals surface area contributed by atoms with Gasteiger partial charge in [0.2, 0.25) is 3.79 Å². The molecule has 3 rings (SSSR count). The smallest absolute Gasteiger partial charge is 0.334 e. The van der Waals surface area contributed by atoms with Crippen molar-refractivity contribution in [2.24, 2.45) is 0 Å². The highest BCUT2D eigenvalue weighted by molar-refractivity contribution is 6.67. The van der Waals surface area contributed by atoms with Gasteiger partial charge in [-0.3, -0.25) is 4.79 Å². The fourth-order valence-electron chi connectivity index (χ4n) is 3.16. The van der Waals surface area contributed by atoms with Gasteiger partial charge in [-0.1, -0.05) is 89.9 Å². The van der Waals surface area contributed by atoms with Crippen LogP contribution < -0.4 is 0 Å². The van der Waals surface area contributed by atoms with Crippen molar-refractivity contribution in [3.63, 3.8) is 0 Å². The molecule has 146 valence electrons. The van der Waals surface area contributed by atoms with E-state index in [0.29, 0.717) is 0 Å². The number of alkyl halides is 3. The third-order valence-corrected chi connectivity index (χ3v) is 4.71. The van der Waals surface area contributed by atoms with Gasteiger partial charge in [0.1, 0.15) is 13.2 Å². The van der Waals surface area contributed by atoms with Gasteiger partial charge in [0.25, 0.3) is 0 Å². The SMILES string of the molecule is C=C(CC(=O)OCC(Cl)(Cl)Cl)C(=O)OCC1c2ccccc2-c2ccccc21. The molecule has 0 saturated carbocycles. The standard InChI is InChI=1S/C21H17Cl3O4/c1-13(10-19(25)28-12-21(22,23)24)20(26)27-11-18-16-8-4-2-6-14(16)15-7-3-5-9-17(15)18/h2-9,18H,1,10-12H2. The van der Waals surface area contributed by atoms with Crippen LogP contribution in [-0.2, 0) is 19.1 Å². The van der Waals surface area contributed by atoms with E-state index < -0.39 is 22.3 Å². The summed E-state index contributed by atoms with van der Waals surface area (Å²) in [6.45, 7) is 3.34. The van der Waals surface area contributed by atoms with Gasteiger partial charge in [0.05, 0.1) is 6.42 Å². The van der Waals surface area contributed by atoms with Crippen LogP contribution in [0.25, 0.3) is 11.1 Å². The summed E-state index contributed by atoms with van der Waals surface area (Å²) in [4.78, 5) is 24.0. The summed E-state index contributed by atoms with van der Waals surface area (Å²) in [6.07, 6.45) is -0.336. The first-order valence-electron chi connectivity index (χ1n) is 8.52. The summed E-state index contributed by atoms with van der Waals surface area (Å²) < 4.78 is 8.51. The molecule has 1 aliphatic rings. The van der Waals surface area contributed by atoms with Crippen LogP contribution in [-0.4, -0.2) is 28.9 Å². The number of ether oxygens (including phenoxy) is 2. The lowest BCUT2D eigenvalue weighted by atomic mass is 9.98. The van der Waals surface area contributed by atoms with E-state index in [9.17, 15) is 9.59 Å². The van der Waals surface area contributed by atoms with Gasteiger partial charge in [-0.2, -0.15) is 0 Å². The molecule has 0 aliphatic heterocycles. The predicted octanol–water partition coefficient (Wildman–Crippen LogP) is 5.20. The lowest BCUT2D eigenvalue weighted by Crippen LogP contribution is -2.20. The van der Waals surface area contributed by atoms with E-state index >= 15 is 0 Å². The second-order valence-corrected chi connectivity index (χ2v) is 8.90. The summed E-state index contributed by atoms with van der Waals surface area (Å²) in [7, 11) is 0. The molecule has 0 N–H and O–H groups in total. The largest absolute Gasteiger partial charge is 0.461 e. The molecule has 0 aromatic heterocycles. The Balaban J connectivity index is 1.60. The minimum Gasteiger partial charge on any atom is -0.461 e. The zero-order valence-electron chi connectivity index (χ0n) is 14.8. The molecule has 0 fully saturated rings. The van der Waals surface area contributed by atoms with Crippen LogP contribution in [0.1, 0.15) is 23.5 Å². The average molecular weight is 440 g/mol. The number of halogens is 3. The molecule has 2 aromatic carbocycles. The monoisotopic (exact) mass is 438 g/mol. The Morgan fingerprint density at radius 2 is 1.46 bits per heavy atom. The molecule has 2 aromatic rings. The highest BCUT2D eigenvalue weighted by atomic mass is 35.6. The Labute approximate surface area is 178 Å². The van der Waals surface area contributed by atoms with Crippen LogP contribution in [0, 0.1) is 0 Å². The Bertz CT molecular complexity index is 872. The van der Waals surface area contributed by atoms with E-state index in [-0.39, 0.29) is 24.5 Å². The van der Waals surface area contributed by atoms with E-state index in [4.69, 9.17) is 44.3 Å². The molecule has 7 heteroatoms. The highest BCUT2D eigenvalue weighted by Gasteiger charge is 2.29. The Morgan fingerprint density at radius 3 is 2.00 bits per heavy atom. The lowest BCUT2D eigenvalue weighted by Gasteiger charge is -2.15. The summed E-state index contributed by atoms with van der Waals surface area (Å²) in [5.74, 6) is -1.45. The summed E-state index contributed by atoms with van der Waals surface area (Å²) in [5.41, 5.74) is 4.45. The molecule has 0 saturated heterocycles. The molecule has 1 aliphatic carbocycles. The van der Waals surface area contributed by atoms with Gasteiger partial charge < -0.3 is 9.47 Å². The van der Waals surface area contributed by atoms with Crippen LogP contribution >= 0.6 is 34.8 Å². The van der Waals surface area contributed by atoms with Crippen molar-refractivity contribution in [1.29, 1.82) is 0 Å². The van der Waals surface area contributed by atoms with Gasteiger partial charge in [0.15, 0.2) is 0 Å². The molecule has 4 nitrogen and oxygen atoms in total. The lowest BCUT2D eigenvalue weighted by molar-refractivity contribution is -0.146. The molecule has 0 atom stereocenters. The first kappa shape index (κ1) is 20.7. The quantitative estimate of drug-likeness (QED) is 0.352. The van der Waals surface area contributed by atoms with E-state index in [1.165, 1.54) is 0 Å². The normalized spacial score (nSPS) is 12.8.